The highest BCUT2D eigenvalue weighted by atomic mass is 32.2. The molecule has 1 aromatic rings. The highest BCUT2D eigenvalue weighted by molar-refractivity contribution is 7.83. The molecule has 1 aliphatic heterocycles. The summed E-state index contributed by atoms with van der Waals surface area (Å²) in [6, 6.07) is 6.79. The molecule has 28 heavy (non-hydrogen) atoms. The molecular formula is C22H32N2O3S. The Morgan fingerprint density at radius 3 is 2.43 bits per heavy atom. The third-order valence-corrected chi connectivity index (χ3v) is 9.05. The molecule has 6 heteroatoms. The summed E-state index contributed by atoms with van der Waals surface area (Å²) >= 11 is 0. The number of carbonyl (C=O) groups excluding carboxylic acids is 1. The molecule has 0 aromatic heterocycles. The van der Waals surface area contributed by atoms with E-state index >= 15 is 0 Å². The van der Waals surface area contributed by atoms with Gasteiger partial charge in [-0.2, -0.15) is 0 Å². The summed E-state index contributed by atoms with van der Waals surface area (Å²) in [6.07, 6.45) is 3.68. The van der Waals surface area contributed by atoms with Crippen LogP contribution in [0.15, 0.2) is 18.2 Å². The van der Waals surface area contributed by atoms with Gasteiger partial charge in [-0.25, -0.2) is 13.3 Å². The molecule has 2 saturated carbocycles. The maximum absolute atomic E-state index is 12.9. The van der Waals surface area contributed by atoms with Gasteiger partial charge in [0.25, 0.3) is 0 Å². The van der Waals surface area contributed by atoms with Crippen molar-refractivity contribution in [3.63, 3.8) is 0 Å². The lowest BCUT2D eigenvalue weighted by Crippen LogP contribution is -2.66. The van der Waals surface area contributed by atoms with E-state index in [0.29, 0.717) is 11.3 Å². The number of nitrogens with zero attached hydrogens (tertiary/aromatic N) is 2. The van der Waals surface area contributed by atoms with Crippen LogP contribution in [-0.4, -0.2) is 57.5 Å². The highest BCUT2D eigenvalue weighted by Gasteiger charge is 2.57. The molecule has 5 nitrogen and oxygen atoms in total. The van der Waals surface area contributed by atoms with Crippen LogP contribution in [0.2, 0.25) is 0 Å². The minimum absolute atomic E-state index is 0.157. The van der Waals surface area contributed by atoms with Crippen molar-refractivity contribution in [1.29, 1.82) is 0 Å². The largest absolute Gasteiger partial charge is 0.453 e. The molecule has 0 radical (unpaired) electrons. The van der Waals surface area contributed by atoms with Crippen molar-refractivity contribution in [2.75, 3.05) is 27.2 Å². The standard InChI is InChI=1S/C22H32N2O3S/c1-15-6-7-19(16(2)8-15)17-9-22(10-17)13-24(14-22)28(26)18-11-21(3,12-18)23(4)20(25)27-5/h6-8,17-18H,9-14H2,1-5H3. The van der Waals surface area contributed by atoms with Gasteiger partial charge in [0, 0.05) is 25.7 Å². The minimum atomic E-state index is -0.937. The Morgan fingerprint density at radius 2 is 1.86 bits per heavy atom. The zero-order chi connectivity index (χ0) is 20.3. The first-order valence-corrected chi connectivity index (χ1v) is 11.4. The Kier molecular flexibility index (Phi) is 4.86. The maximum atomic E-state index is 12.9. The van der Waals surface area contributed by atoms with E-state index in [2.05, 4.69) is 43.3 Å². The Labute approximate surface area is 171 Å². The van der Waals surface area contributed by atoms with E-state index in [1.807, 2.05) is 0 Å². The molecule has 0 N–H and O–H groups in total. The summed E-state index contributed by atoms with van der Waals surface area (Å²) in [5.74, 6) is 0.664. The number of ether oxygens (including phenoxy) is 1. The lowest BCUT2D eigenvalue weighted by atomic mass is 9.56. The number of aryl methyl sites for hydroxylation is 2. The molecule has 0 bridgehead atoms. The molecule has 4 rings (SSSR count). The average Bonchev–Trinajstić information content (AvgIpc) is 2.56. The Balaban J connectivity index is 1.27. The SMILES string of the molecule is COC(=O)N(C)C1(C)CC(S(=O)N2CC3(CC(c4ccc(C)cc4C)C3)C2)C1. The van der Waals surface area contributed by atoms with Gasteiger partial charge in [-0.1, -0.05) is 23.8 Å². The van der Waals surface area contributed by atoms with Crippen molar-refractivity contribution in [2.45, 2.75) is 63.2 Å². The van der Waals surface area contributed by atoms with Gasteiger partial charge in [-0.3, -0.25) is 0 Å². The second kappa shape index (κ2) is 6.84. The predicted molar refractivity (Wildman–Crippen MR) is 112 cm³/mol. The van der Waals surface area contributed by atoms with Crippen molar-refractivity contribution >= 4 is 17.1 Å². The van der Waals surface area contributed by atoms with Crippen LogP contribution >= 0.6 is 0 Å². The summed E-state index contributed by atoms with van der Waals surface area (Å²) in [5, 5.41) is 0.157. The zero-order valence-electron chi connectivity index (χ0n) is 17.7. The fourth-order valence-corrected chi connectivity index (χ4v) is 7.71. The Morgan fingerprint density at radius 1 is 1.21 bits per heavy atom. The molecule has 1 atom stereocenters. The van der Waals surface area contributed by atoms with E-state index < -0.39 is 11.0 Å². The number of methoxy groups -OCH3 is 1. The van der Waals surface area contributed by atoms with E-state index in [1.165, 1.54) is 36.6 Å². The van der Waals surface area contributed by atoms with Gasteiger partial charge in [0.2, 0.25) is 0 Å². The van der Waals surface area contributed by atoms with Gasteiger partial charge in [0.05, 0.1) is 23.3 Å². The topological polar surface area (TPSA) is 49.9 Å². The summed E-state index contributed by atoms with van der Waals surface area (Å²) < 4.78 is 19.9. The highest BCUT2D eigenvalue weighted by Crippen LogP contribution is 2.57. The summed E-state index contributed by atoms with van der Waals surface area (Å²) in [6.45, 7) is 8.33. The summed E-state index contributed by atoms with van der Waals surface area (Å²) in [4.78, 5) is 13.4. The predicted octanol–water partition coefficient (Wildman–Crippen LogP) is 3.77. The molecule has 3 aliphatic rings. The van der Waals surface area contributed by atoms with Crippen LogP contribution in [0.25, 0.3) is 0 Å². The molecule has 1 amide bonds. The van der Waals surface area contributed by atoms with E-state index in [0.717, 1.165) is 25.9 Å². The number of carbonyl (C=O) groups is 1. The van der Waals surface area contributed by atoms with E-state index in [1.54, 1.807) is 11.9 Å². The van der Waals surface area contributed by atoms with E-state index in [4.69, 9.17) is 4.74 Å². The molecule has 1 heterocycles. The van der Waals surface area contributed by atoms with Crippen LogP contribution < -0.4 is 0 Å². The summed E-state index contributed by atoms with van der Waals surface area (Å²) in [7, 11) is 2.23. The number of benzene rings is 1. The first kappa shape index (κ1) is 19.9. The van der Waals surface area contributed by atoms with Gasteiger partial charge < -0.3 is 9.64 Å². The number of hydrogen-bond donors (Lipinski definition) is 0. The third kappa shape index (κ3) is 3.18. The van der Waals surface area contributed by atoms with Crippen LogP contribution in [0.4, 0.5) is 4.79 Å². The lowest BCUT2D eigenvalue weighted by Gasteiger charge is -2.60. The van der Waals surface area contributed by atoms with Crippen LogP contribution in [0.1, 0.15) is 55.2 Å². The smallest absolute Gasteiger partial charge is 0.409 e. The molecule has 3 fully saturated rings. The van der Waals surface area contributed by atoms with Crippen molar-refractivity contribution in [1.82, 2.24) is 9.21 Å². The maximum Gasteiger partial charge on any atom is 0.409 e. The normalized spacial score (nSPS) is 30.1. The number of hydrogen-bond acceptors (Lipinski definition) is 3. The Bertz CT molecular complexity index is 804. The molecule has 154 valence electrons. The van der Waals surface area contributed by atoms with Crippen molar-refractivity contribution in [3.8, 4) is 0 Å². The number of rotatable bonds is 4. The molecule has 1 aromatic carbocycles. The molecule has 1 saturated heterocycles. The quantitative estimate of drug-likeness (QED) is 0.768. The van der Waals surface area contributed by atoms with E-state index in [9.17, 15) is 9.00 Å². The average molecular weight is 405 g/mol. The third-order valence-electron chi connectivity index (χ3n) is 7.38. The van der Waals surface area contributed by atoms with Crippen LogP contribution in [0, 0.1) is 19.3 Å². The molecular weight excluding hydrogens is 372 g/mol. The monoisotopic (exact) mass is 404 g/mol. The first-order chi connectivity index (χ1) is 13.2. The van der Waals surface area contributed by atoms with Gasteiger partial charge in [-0.05, 0) is 68.9 Å². The van der Waals surface area contributed by atoms with Gasteiger partial charge in [0.15, 0.2) is 0 Å². The van der Waals surface area contributed by atoms with Crippen LogP contribution in [-0.2, 0) is 15.7 Å². The van der Waals surface area contributed by atoms with Crippen molar-refractivity contribution < 1.29 is 13.7 Å². The summed E-state index contributed by atoms with van der Waals surface area (Å²) in [5.41, 5.74) is 4.37. The van der Waals surface area contributed by atoms with Gasteiger partial charge in [-0.15, -0.1) is 0 Å². The second-order valence-corrected chi connectivity index (χ2v) is 11.3. The van der Waals surface area contributed by atoms with Gasteiger partial charge >= 0.3 is 6.09 Å². The Hall–Kier alpha value is -1.40. The van der Waals surface area contributed by atoms with Gasteiger partial charge in [0.1, 0.15) is 0 Å². The van der Waals surface area contributed by atoms with Crippen molar-refractivity contribution in [2.24, 2.45) is 5.41 Å². The zero-order valence-corrected chi connectivity index (χ0v) is 18.5. The second-order valence-electron chi connectivity index (χ2n) is 9.60. The first-order valence-electron chi connectivity index (χ1n) is 10.2. The molecule has 1 unspecified atom stereocenters. The molecule has 2 aliphatic carbocycles. The fourth-order valence-electron chi connectivity index (χ4n) is 5.48. The van der Waals surface area contributed by atoms with E-state index in [-0.39, 0.29) is 16.9 Å². The minimum Gasteiger partial charge on any atom is -0.453 e. The molecule has 1 spiro atoms. The van der Waals surface area contributed by atoms with Crippen LogP contribution in [0.5, 0.6) is 0 Å². The van der Waals surface area contributed by atoms with Crippen LogP contribution in [0.3, 0.4) is 0 Å². The lowest BCUT2D eigenvalue weighted by molar-refractivity contribution is -0.0252. The fraction of sp³-hybridized carbons (Fsp3) is 0.682. The number of amides is 1. The van der Waals surface area contributed by atoms with Crippen molar-refractivity contribution in [3.05, 3.63) is 34.9 Å².